The van der Waals surface area contributed by atoms with Crippen molar-refractivity contribution in [2.75, 3.05) is 0 Å². The molecule has 1 aromatic carbocycles. The summed E-state index contributed by atoms with van der Waals surface area (Å²) in [4.78, 5) is 30.4. The molecule has 0 aliphatic heterocycles. The maximum atomic E-state index is 12.8. The SMILES string of the molecule is CC(C)(C)N(C(=O)O)C(Cc1ccc(OCc2ccccc2)cn1)C(=O)NC1CC1. The van der Waals surface area contributed by atoms with Crippen LogP contribution >= 0.6 is 0 Å². The van der Waals surface area contributed by atoms with Gasteiger partial charge in [0.15, 0.2) is 0 Å². The molecule has 1 fully saturated rings. The maximum absolute atomic E-state index is 12.8. The first-order chi connectivity index (χ1) is 14.2. The van der Waals surface area contributed by atoms with Gasteiger partial charge in [0.1, 0.15) is 18.4 Å². The van der Waals surface area contributed by atoms with E-state index in [1.54, 1.807) is 39.1 Å². The number of carbonyl (C=O) groups excluding carboxylic acids is 1. The second kappa shape index (κ2) is 9.15. The lowest BCUT2D eigenvalue weighted by atomic mass is 9.99. The number of carbonyl (C=O) groups is 2. The van der Waals surface area contributed by atoms with Crippen LogP contribution in [0.4, 0.5) is 4.79 Å². The van der Waals surface area contributed by atoms with Crippen LogP contribution in [0.15, 0.2) is 48.7 Å². The average molecular weight is 412 g/mol. The zero-order valence-electron chi connectivity index (χ0n) is 17.7. The van der Waals surface area contributed by atoms with Gasteiger partial charge in [-0.1, -0.05) is 30.3 Å². The first-order valence-electron chi connectivity index (χ1n) is 10.2. The summed E-state index contributed by atoms with van der Waals surface area (Å²) in [7, 11) is 0. The van der Waals surface area contributed by atoms with Crippen LogP contribution in [-0.2, 0) is 17.8 Å². The molecule has 7 heteroatoms. The second-order valence-corrected chi connectivity index (χ2v) is 8.59. The molecule has 1 aliphatic carbocycles. The minimum Gasteiger partial charge on any atom is -0.487 e. The van der Waals surface area contributed by atoms with Gasteiger partial charge in [0.2, 0.25) is 5.91 Å². The molecule has 2 N–H and O–H groups in total. The summed E-state index contributed by atoms with van der Waals surface area (Å²) in [6.07, 6.45) is 2.55. The number of aromatic nitrogens is 1. The lowest BCUT2D eigenvalue weighted by molar-refractivity contribution is -0.127. The van der Waals surface area contributed by atoms with Crippen LogP contribution in [0.1, 0.15) is 44.9 Å². The highest BCUT2D eigenvalue weighted by atomic mass is 16.5. The van der Waals surface area contributed by atoms with Crippen molar-refractivity contribution in [2.24, 2.45) is 0 Å². The van der Waals surface area contributed by atoms with Crippen molar-refractivity contribution in [3.63, 3.8) is 0 Å². The van der Waals surface area contributed by atoms with E-state index >= 15 is 0 Å². The van der Waals surface area contributed by atoms with Gasteiger partial charge in [0.05, 0.1) is 6.20 Å². The van der Waals surface area contributed by atoms with Gasteiger partial charge in [0.25, 0.3) is 0 Å². The number of pyridine rings is 1. The summed E-state index contributed by atoms with van der Waals surface area (Å²) in [5, 5.41) is 12.7. The zero-order valence-corrected chi connectivity index (χ0v) is 17.7. The van der Waals surface area contributed by atoms with Gasteiger partial charge in [-0.3, -0.25) is 14.7 Å². The fourth-order valence-electron chi connectivity index (χ4n) is 3.27. The summed E-state index contributed by atoms with van der Waals surface area (Å²) in [6.45, 7) is 5.79. The Kier molecular flexibility index (Phi) is 6.59. The van der Waals surface area contributed by atoms with Gasteiger partial charge in [-0.25, -0.2) is 4.79 Å². The molecule has 0 radical (unpaired) electrons. The van der Waals surface area contributed by atoms with Crippen LogP contribution in [0.3, 0.4) is 0 Å². The summed E-state index contributed by atoms with van der Waals surface area (Å²) in [6, 6.07) is 12.7. The quantitative estimate of drug-likeness (QED) is 0.692. The molecular weight excluding hydrogens is 382 g/mol. The highest BCUT2D eigenvalue weighted by Gasteiger charge is 2.39. The maximum Gasteiger partial charge on any atom is 0.408 e. The molecule has 1 aliphatic rings. The van der Waals surface area contributed by atoms with E-state index in [1.807, 2.05) is 30.3 Å². The van der Waals surface area contributed by atoms with Crippen molar-refractivity contribution < 1.29 is 19.4 Å². The van der Waals surface area contributed by atoms with Crippen molar-refractivity contribution in [3.8, 4) is 5.75 Å². The van der Waals surface area contributed by atoms with Gasteiger partial charge in [-0.15, -0.1) is 0 Å². The Morgan fingerprint density at radius 2 is 1.90 bits per heavy atom. The fraction of sp³-hybridized carbons (Fsp3) is 0.435. The third-order valence-electron chi connectivity index (χ3n) is 4.92. The molecule has 1 heterocycles. The minimum atomic E-state index is -1.12. The molecule has 30 heavy (non-hydrogen) atoms. The number of nitrogens with zero attached hydrogens (tertiary/aromatic N) is 2. The van der Waals surface area contributed by atoms with E-state index in [0.29, 0.717) is 18.1 Å². The monoisotopic (exact) mass is 411 g/mol. The van der Waals surface area contributed by atoms with Gasteiger partial charge < -0.3 is 15.2 Å². The third-order valence-corrected chi connectivity index (χ3v) is 4.92. The number of nitrogens with one attached hydrogen (secondary N) is 1. The molecule has 0 spiro atoms. The summed E-state index contributed by atoms with van der Waals surface area (Å²) < 4.78 is 5.75. The standard InChI is InChI=1S/C23H29N3O4/c1-23(2,3)26(22(28)29)20(21(27)25-17-9-10-17)13-18-11-12-19(14-24-18)30-15-16-7-5-4-6-8-16/h4-8,11-12,14,17,20H,9-10,13,15H2,1-3H3,(H,25,27)(H,28,29). The van der Waals surface area contributed by atoms with Crippen molar-refractivity contribution >= 4 is 12.0 Å². The Labute approximate surface area is 177 Å². The Balaban J connectivity index is 1.71. The van der Waals surface area contributed by atoms with Crippen molar-refractivity contribution in [1.82, 2.24) is 15.2 Å². The van der Waals surface area contributed by atoms with Crippen LogP contribution in [0.5, 0.6) is 5.75 Å². The molecule has 160 valence electrons. The van der Waals surface area contributed by atoms with Gasteiger partial charge in [-0.2, -0.15) is 0 Å². The molecule has 0 saturated heterocycles. The molecule has 2 aromatic rings. The molecule has 1 aromatic heterocycles. The Bertz CT molecular complexity index is 858. The lowest BCUT2D eigenvalue weighted by Gasteiger charge is -2.38. The van der Waals surface area contributed by atoms with E-state index in [9.17, 15) is 14.7 Å². The number of hydrogen-bond acceptors (Lipinski definition) is 4. The summed E-state index contributed by atoms with van der Waals surface area (Å²) >= 11 is 0. The Morgan fingerprint density at radius 1 is 1.20 bits per heavy atom. The average Bonchev–Trinajstić information content (AvgIpc) is 3.50. The predicted molar refractivity (Wildman–Crippen MR) is 113 cm³/mol. The Hall–Kier alpha value is -3.09. The molecule has 1 saturated carbocycles. The lowest BCUT2D eigenvalue weighted by Crippen LogP contribution is -2.58. The molecule has 7 nitrogen and oxygen atoms in total. The first kappa shape index (κ1) is 21.6. The van der Waals surface area contributed by atoms with Crippen LogP contribution in [0.2, 0.25) is 0 Å². The van der Waals surface area contributed by atoms with Crippen molar-refractivity contribution in [1.29, 1.82) is 0 Å². The summed E-state index contributed by atoms with van der Waals surface area (Å²) in [5.41, 5.74) is 0.963. The van der Waals surface area contributed by atoms with E-state index in [0.717, 1.165) is 18.4 Å². The number of amides is 2. The topological polar surface area (TPSA) is 91.8 Å². The number of hydrogen-bond donors (Lipinski definition) is 2. The highest BCUT2D eigenvalue weighted by Crippen LogP contribution is 2.24. The molecule has 1 atom stereocenters. The van der Waals surface area contributed by atoms with Crippen LogP contribution in [-0.4, -0.2) is 44.6 Å². The number of carboxylic acid groups (broad SMARTS) is 1. The fourth-order valence-corrected chi connectivity index (χ4v) is 3.27. The van der Waals surface area contributed by atoms with Gasteiger partial charge >= 0.3 is 6.09 Å². The molecular formula is C23H29N3O4. The van der Waals surface area contributed by atoms with Crippen molar-refractivity contribution in [3.05, 3.63) is 59.9 Å². The Morgan fingerprint density at radius 3 is 2.43 bits per heavy atom. The largest absolute Gasteiger partial charge is 0.487 e. The molecule has 2 amide bonds. The van der Waals surface area contributed by atoms with E-state index in [-0.39, 0.29) is 18.4 Å². The predicted octanol–water partition coefficient (Wildman–Crippen LogP) is 3.63. The molecule has 0 bridgehead atoms. The van der Waals surface area contributed by atoms with Crippen LogP contribution in [0.25, 0.3) is 0 Å². The normalized spacial score (nSPS) is 14.6. The second-order valence-electron chi connectivity index (χ2n) is 8.59. The zero-order chi connectivity index (χ0) is 21.7. The van der Waals surface area contributed by atoms with Gasteiger partial charge in [-0.05, 0) is 51.3 Å². The minimum absolute atomic E-state index is 0.150. The number of rotatable bonds is 8. The smallest absolute Gasteiger partial charge is 0.408 e. The highest BCUT2D eigenvalue weighted by molar-refractivity contribution is 5.86. The van der Waals surface area contributed by atoms with Crippen molar-refractivity contribution in [2.45, 2.75) is 64.3 Å². The number of benzene rings is 1. The van der Waals surface area contributed by atoms with E-state index in [1.165, 1.54) is 4.90 Å². The van der Waals surface area contributed by atoms with Crippen LogP contribution < -0.4 is 10.1 Å². The molecule has 3 rings (SSSR count). The van der Waals surface area contributed by atoms with E-state index in [4.69, 9.17) is 4.74 Å². The first-order valence-corrected chi connectivity index (χ1v) is 10.2. The number of ether oxygens (including phenoxy) is 1. The van der Waals surface area contributed by atoms with E-state index < -0.39 is 17.7 Å². The summed E-state index contributed by atoms with van der Waals surface area (Å²) in [5.74, 6) is 0.341. The molecule has 1 unspecified atom stereocenters. The third kappa shape index (κ3) is 5.95. The van der Waals surface area contributed by atoms with E-state index in [2.05, 4.69) is 10.3 Å². The van der Waals surface area contributed by atoms with Gasteiger partial charge in [0, 0.05) is 23.7 Å². The van der Waals surface area contributed by atoms with Crippen LogP contribution in [0, 0.1) is 0 Å².